The molecule has 1 aliphatic carbocycles. The van der Waals surface area contributed by atoms with Crippen molar-refractivity contribution in [2.24, 2.45) is 5.92 Å². The third kappa shape index (κ3) is 3.72. The van der Waals surface area contributed by atoms with E-state index >= 15 is 0 Å². The van der Waals surface area contributed by atoms with Crippen molar-refractivity contribution in [1.29, 1.82) is 0 Å². The van der Waals surface area contributed by atoms with Crippen molar-refractivity contribution in [3.05, 3.63) is 21.1 Å². The van der Waals surface area contributed by atoms with E-state index < -0.39 is 0 Å². The first-order chi connectivity index (χ1) is 9.11. The van der Waals surface area contributed by atoms with Gasteiger partial charge in [-0.1, -0.05) is 19.3 Å². The Hall–Kier alpha value is -0.550. The molecule has 1 saturated carbocycles. The molecule has 0 aromatic heterocycles. The number of benzene rings is 1. The maximum absolute atomic E-state index is 12.2. The Labute approximate surface area is 130 Å². The van der Waals surface area contributed by atoms with Gasteiger partial charge in [-0.15, -0.1) is 0 Å². The first-order valence-electron chi connectivity index (χ1n) is 6.45. The van der Waals surface area contributed by atoms with Crippen LogP contribution in [0.15, 0.2) is 21.1 Å². The number of amides is 1. The minimum Gasteiger partial charge on any atom is -0.495 e. The Morgan fingerprint density at radius 2 is 1.89 bits per heavy atom. The van der Waals surface area contributed by atoms with Gasteiger partial charge in [-0.25, -0.2) is 0 Å². The van der Waals surface area contributed by atoms with Crippen LogP contribution in [0.2, 0.25) is 0 Å². The second-order valence-electron chi connectivity index (χ2n) is 4.79. The van der Waals surface area contributed by atoms with Crippen LogP contribution in [0, 0.1) is 5.92 Å². The SMILES string of the molecule is COc1cc(NC(=O)C2CCCCC2)c(Br)cc1Br. The van der Waals surface area contributed by atoms with E-state index in [1.165, 1.54) is 6.42 Å². The van der Waals surface area contributed by atoms with Crippen LogP contribution in [0.4, 0.5) is 5.69 Å². The lowest BCUT2D eigenvalue weighted by Crippen LogP contribution is -2.24. The molecule has 19 heavy (non-hydrogen) atoms. The zero-order valence-corrected chi connectivity index (χ0v) is 14.0. The van der Waals surface area contributed by atoms with E-state index in [9.17, 15) is 4.79 Å². The standard InChI is InChI=1S/C14H17Br2NO2/c1-19-13-8-12(10(15)7-11(13)16)17-14(18)9-5-3-2-4-6-9/h7-9H,2-6H2,1H3,(H,17,18). The summed E-state index contributed by atoms with van der Waals surface area (Å²) >= 11 is 6.88. The molecule has 3 nitrogen and oxygen atoms in total. The maximum Gasteiger partial charge on any atom is 0.227 e. The molecule has 0 spiro atoms. The van der Waals surface area contributed by atoms with E-state index in [1.807, 2.05) is 12.1 Å². The second-order valence-corrected chi connectivity index (χ2v) is 6.50. The molecule has 1 N–H and O–H groups in total. The molecule has 0 atom stereocenters. The van der Waals surface area contributed by atoms with Crippen molar-refractivity contribution < 1.29 is 9.53 Å². The number of nitrogens with one attached hydrogen (secondary N) is 1. The van der Waals surface area contributed by atoms with E-state index in [4.69, 9.17) is 4.74 Å². The minimum absolute atomic E-state index is 0.116. The molecule has 0 unspecified atom stereocenters. The van der Waals surface area contributed by atoms with Crippen molar-refractivity contribution in [3.8, 4) is 5.75 Å². The van der Waals surface area contributed by atoms with Crippen LogP contribution in [-0.4, -0.2) is 13.0 Å². The van der Waals surface area contributed by atoms with Gasteiger partial charge in [0.1, 0.15) is 5.75 Å². The van der Waals surface area contributed by atoms with E-state index in [0.29, 0.717) is 5.75 Å². The molecule has 0 saturated heterocycles. The van der Waals surface area contributed by atoms with Crippen LogP contribution >= 0.6 is 31.9 Å². The fourth-order valence-electron chi connectivity index (χ4n) is 2.38. The fraction of sp³-hybridized carbons (Fsp3) is 0.500. The van der Waals surface area contributed by atoms with Crippen molar-refractivity contribution in [3.63, 3.8) is 0 Å². The van der Waals surface area contributed by atoms with Gasteiger partial charge in [0.05, 0.1) is 17.3 Å². The van der Waals surface area contributed by atoms with Crippen LogP contribution < -0.4 is 10.1 Å². The molecule has 0 radical (unpaired) electrons. The van der Waals surface area contributed by atoms with Gasteiger partial charge in [-0.3, -0.25) is 4.79 Å². The number of carbonyl (C=O) groups is 1. The van der Waals surface area contributed by atoms with E-state index in [-0.39, 0.29) is 11.8 Å². The lowest BCUT2D eigenvalue weighted by atomic mass is 9.88. The average molecular weight is 391 g/mol. The first-order valence-corrected chi connectivity index (χ1v) is 8.04. The summed E-state index contributed by atoms with van der Waals surface area (Å²) in [5.41, 5.74) is 0.760. The van der Waals surface area contributed by atoms with Crippen molar-refractivity contribution in [1.82, 2.24) is 0 Å². The zero-order valence-electron chi connectivity index (χ0n) is 10.8. The Kier molecular flexibility index (Phi) is 5.28. The van der Waals surface area contributed by atoms with Gasteiger partial charge in [0.2, 0.25) is 5.91 Å². The van der Waals surface area contributed by atoms with Gasteiger partial charge in [-0.05, 0) is 50.8 Å². The molecule has 104 valence electrons. The van der Waals surface area contributed by atoms with Gasteiger partial charge >= 0.3 is 0 Å². The predicted molar refractivity (Wildman–Crippen MR) is 83.6 cm³/mol. The number of hydrogen-bond acceptors (Lipinski definition) is 2. The highest BCUT2D eigenvalue weighted by molar-refractivity contribution is 9.11. The summed E-state index contributed by atoms with van der Waals surface area (Å²) in [5.74, 6) is 0.974. The summed E-state index contributed by atoms with van der Waals surface area (Å²) < 4.78 is 6.96. The maximum atomic E-state index is 12.2. The quantitative estimate of drug-likeness (QED) is 0.809. The van der Waals surface area contributed by atoms with Gasteiger partial charge in [0, 0.05) is 16.5 Å². The molecule has 1 fully saturated rings. The fourth-order valence-corrected chi connectivity index (χ4v) is 3.64. The number of methoxy groups -OCH3 is 1. The topological polar surface area (TPSA) is 38.3 Å². The number of anilines is 1. The molecule has 2 rings (SSSR count). The third-order valence-corrected chi connectivity index (χ3v) is 4.75. The molecule has 1 aromatic carbocycles. The van der Waals surface area contributed by atoms with Gasteiger partial charge in [-0.2, -0.15) is 0 Å². The van der Waals surface area contributed by atoms with E-state index in [0.717, 1.165) is 40.3 Å². The Morgan fingerprint density at radius 3 is 2.53 bits per heavy atom. The highest BCUT2D eigenvalue weighted by Gasteiger charge is 2.22. The van der Waals surface area contributed by atoms with Crippen molar-refractivity contribution >= 4 is 43.5 Å². The van der Waals surface area contributed by atoms with Crippen LogP contribution in [0.1, 0.15) is 32.1 Å². The first kappa shape index (κ1) is 14.9. The number of ether oxygens (including phenoxy) is 1. The van der Waals surface area contributed by atoms with Crippen LogP contribution in [0.25, 0.3) is 0 Å². The lowest BCUT2D eigenvalue weighted by molar-refractivity contribution is -0.120. The molecule has 1 aromatic rings. The molecular formula is C14H17Br2NO2. The summed E-state index contributed by atoms with van der Waals surface area (Å²) in [6.45, 7) is 0. The number of rotatable bonds is 3. The van der Waals surface area contributed by atoms with E-state index in [1.54, 1.807) is 7.11 Å². The molecule has 5 heteroatoms. The third-order valence-electron chi connectivity index (χ3n) is 3.48. The molecular weight excluding hydrogens is 374 g/mol. The van der Waals surface area contributed by atoms with Crippen molar-refractivity contribution in [2.75, 3.05) is 12.4 Å². The smallest absolute Gasteiger partial charge is 0.227 e. The van der Waals surface area contributed by atoms with Gasteiger partial charge in [0.25, 0.3) is 0 Å². The molecule has 0 bridgehead atoms. The summed E-state index contributed by atoms with van der Waals surface area (Å²) in [4.78, 5) is 12.2. The summed E-state index contributed by atoms with van der Waals surface area (Å²) in [7, 11) is 1.61. The lowest BCUT2D eigenvalue weighted by Gasteiger charge is -2.21. The molecule has 1 aliphatic rings. The van der Waals surface area contributed by atoms with Crippen LogP contribution in [0.5, 0.6) is 5.75 Å². The van der Waals surface area contributed by atoms with Crippen LogP contribution in [0.3, 0.4) is 0 Å². The number of halogens is 2. The summed E-state index contributed by atoms with van der Waals surface area (Å²) in [6.07, 6.45) is 5.56. The summed E-state index contributed by atoms with van der Waals surface area (Å²) in [6, 6.07) is 3.71. The number of hydrogen-bond donors (Lipinski definition) is 1. The van der Waals surface area contributed by atoms with Crippen molar-refractivity contribution in [2.45, 2.75) is 32.1 Å². The zero-order chi connectivity index (χ0) is 13.8. The Morgan fingerprint density at radius 1 is 1.21 bits per heavy atom. The number of carbonyl (C=O) groups excluding carboxylic acids is 1. The van der Waals surface area contributed by atoms with Crippen LogP contribution in [-0.2, 0) is 4.79 Å². The largest absolute Gasteiger partial charge is 0.495 e. The van der Waals surface area contributed by atoms with Gasteiger partial charge < -0.3 is 10.1 Å². The predicted octanol–water partition coefficient (Wildman–Crippen LogP) is 4.74. The highest BCUT2D eigenvalue weighted by Crippen LogP contribution is 2.35. The monoisotopic (exact) mass is 389 g/mol. The average Bonchev–Trinajstić information content (AvgIpc) is 2.42. The Balaban J connectivity index is 2.11. The van der Waals surface area contributed by atoms with Gasteiger partial charge in [0.15, 0.2) is 0 Å². The normalized spacial score (nSPS) is 16.2. The minimum atomic E-state index is 0.116. The Bertz CT molecular complexity index is 471. The molecule has 0 heterocycles. The second kappa shape index (κ2) is 6.75. The highest BCUT2D eigenvalue weighted by atomic mass is 79.9. The summed E-state index contributed by atoms with van der Waals surface area (Å²) in [5, 5.41) is 3.00. The van der Waals surface area contributed by atoms with E-state index in [2.05, 4.69) is 37.2 Å². The molecule has 1 amide bonds. The molecule has 0 aliphatic heterocycles.